The zero-order valence-corrected chi connectivity index (χ0v) is 18.5. The van der Waals surface area contributed by atoms with Crippen molar-refractivity contribution in [1.29, 1.82) is 0 Å². The van der Waals surface area contributed by atoms with Gasteiger partial charge < -0.3 is 9.47 Å². The van der Waals surface area contributed by atoms with Crippen LogP contribution in [-0.4, -0.2) is 38.3 Å². The smallest absolute Gasteiger partial charge is 0.433 e. The van der Waals surface area contributed by atoms with Crippen molar-refractivity contribution in [2.75, 3.05) is 6.61 Å². The molecular weight excluding hydrogens is 410 g/mol. The van der Waals surface area contributed by atoms with E-state index in [0.717, 1.165) is 5.39 Å². The Bertz CT molecular complexity index is 1380. The van der Waals surface area contributed by atoms with Gasteiger partial charge in [-0.3, -0.25) is 9.36 Å². The third-order valence-corrected chi connectivity index (χ3v) is 4.98. The number of carbonyl (C=O) groups is 2. The Kier molecular flexibility index (Phi) is 5.38. The number of hydrogen-bond acceptors (Lipinski definition) is 5. The van der Waals surface area contributed by atoms with Gasteiger partial charge in [0.25, 0.3) is 5.56 Å². The molecule has 0 aliphatic rings. The minimum Gasteiger partial charge on any atom is -0.448 e. The fraction of sp³-hybridized carbons (Fsp3) is 0.292. The van der Waals surface area contributed by atoms with Gasteiger partial charge in [0.2, 0.25) is 0 Å². The molecule has 4 aromatic rings. The summed E-state index contributed by atoms with van der Waals surface area (Å²) < 4.78 is 14.8. The number of rotatable bonds is 3. The van der Waals surface area contributed by atoms with E-state index >= 15 is 0 Å². The molecule has 2 aromatic carbocycles. The topological polar surface area (TPSA) is 84.5 Å². The highest BCUT2D eigenvalue weighted by Gasteiger charge is 2.23. The van der Waals surface area contributed by atoms with E-state index in [1.54, 1.807) is 58.2 Å². The molecule has 0 amide bonds. The first-order valence-corrected chi connectivity index (χ1v) is 10.4. The fourth-order valence-corrected chi connectivity index (χ4v) is 3.72. The first kappa shape index (κ1) is 21.4. The predicted octanol–water partition coefficient (Wildman–Crippen LogP) is 4.59. The molecule has 0 unspecified atom stereocenters. The quantitative estimate of drug-likeness (QED) is 0.470. The zero-order chi connectivity index (χ0) is 23.0. The molecule has 0 bridgehead atoms. The van der Waals surface area contributed by atoms with Crippen LogP contribution in [0.2, 0.25) is 0 Å². The van der Waals surface area contributed by atoms with Gasteiger partial charge in [0.15, 0.2) is 0 Å². The Labute approximate surface area is 184 Å². The Morgan fingerprint density at radius 1 is 0.906 bits per heavy atom. The second-order valence-corrected chi connectivity index (χ2v) is 8.41. The highest BCUT2D eigenvalue weighted by molar-refractivity contribution is 5.92. The molecule has 4 rings (SSSR count). The van der Waals surface area contributed by atoms with E-state index < -0.39 is 17.8 Å². The zero-order valence-electron chi connectivity index (χ0n) is 18.5. The summed E-state index contributed by atoms with van der Waals surface area (Å²) in [7, 11) is 0. The summed E-state index contributed by atoms with van der Waals surface area (Å²) in [6, 6.07) is 14.3. The van der Waals surface area contributed by atoms with Crippen LogP contribution in [0, 0.1) is 0 Å². The minimum atomic E-state index is -0.657. The van der Waals surface area contributed by atoms with Crippen molar-refractivity contribution in [3.8, 4) is 0 Å². The molecule has 0 radical (unpaired) electrons. The third kappa shape index (κ3) is 3.79. The van der Waals surface area contributed by atoms with E-state index in [1.165, 1.54) is 13.9 Å². The van der Waals surface area contributed by atoms with Crippen LogP contribution in [0.5, 0.6) is 0 Å². The average molecular weight is 435 g/mol. The van der Waals surface area contributed by atoms with E-state index in [2.05, 4.69) is 0 Å². The van der Waals surface area contributed by atoms with Crippen LogP contribution in [0.3, 0.4) is 0 Å². The van der Waals surface area contributed by atoms with Crippen molar-refractivity contribution in [2.45, 2.75) is 39.8 Å². The lowest BCUT2D eigenvalue weighted by Gasteiger charge is -2.19. The van der Waals surface area contributed by atoms with Gasteiger partial charge in [-0.2, -0.15) is 4.68 Å². The molecule has 2 heterocycles. The highest BCUT2D eigenvalue weighted by atomic mass is 16.6. The molecule has 0 fully saturated rings. The number of benzene rings is 2. The van der Waals surface area contributed by atoms with Crippen molar-refractivity contribution in [1.82, 2.24) is 13.9 Å². The van der Waals surface area contributed by atoms with Gasteiger partial charge >= 0.3 is 12.2 Å². The van der Waals surface area contributed by atoms with Crippen molar-refractivity contribution in [3.63, 3.8) is 0 Å². The van der Waals surface area contributed by atoms with E-state index in [-0.39, 0.29) is 18.7 Å². The van der Waals surface area contributed by atoms with Gasteiger partial charge in [-0.05, 0) is 51.5 Å². The summed E-state index contributed by atoms with van der Waals surface area (Å²) in [4.78, 5) is 38.7. The normalized spacial score (nSPS) is 11.8. The summed E-state index contributed by atoms with van der Waals surface area (Å²) in [5.74, 6) is 0. The van der Waals surface area contributed by atoms with Crippen LogP contribution in [-0.2, 0) is 16.0 Å². The molecular formula is C24H25N3O5. The van der Waals surface area contributed by atoms with Crippen molar-refractivity contribution >= 4 is 34.0 Å². The van der Waals surface area contributed by atoms with Gasteiger partial charge in [-0.25, -0.2) is 14.3 Å². The van der Waals surface area contributed by atoms with Gasteiger partial charge in [0.05, 0.1) is 29.6 Å². The largest absolute Gasteiger partial charge is 0.448 e. The molecule has 0 saturated carbocycles. The van der Waals surface area contributed by atoms with E-state index in [9.17, 15) is 14.4 Å². The van der Waals surface area contributed by atoms with Crippen molar-refractivity contribution in [2.24, 2.45) is 0 Å². The molecule has 0 saturated heterocycles. The lowest BCUT2D eigenvalue weighted by atomic mass is 10.2. The second kappa shape index (κ2) is 8.03. The van der Waals surface area contributed by atoms with Crippen LogP contribution in [0.1, 0.15) is 33.3 Å². The molecule has 0 atom stereocenters. The monoisotopic (exact) mass is 435 g/mol. The highest BCUT2D eigenvalue weighted by Crippen LogP contribution is 2.24. The Hall–Kier alpha value is -3.81. The predicted molar refractivity (Wildman–Crippen MR) is 121 cm³/mol. The average Bonchev–Trinajstić information content (AvgIpc) is 3.24. The summed E-state index contributed by atoms with van der Waals surface area (Å²) in [6.07, 6.45) is 0.498. The van der Waals surface area contributed by atoms with Gasteiger partial charge in [0.1, 0.15) is 5.60 Å². The number of fused-ring (bicyclic) bond motifs is 2. The molecule has 166 valence electrons. The minimum absolute atomic E-state index is 0.0721. The standard InChI is InChI=1S/C24H25N3O5/c1-5-31-23(30)27-20-13-9-7-11-18(20)21(28)26(27)15-16-14-25(22(29)32-24(2,3)4)19-12-8-6-10-17(16)19/h6-14H,5,15H2,1-4H3. The summed E-state index contributed by atoms with van der Waals surface area (Å²) in [5.41, 5.74) is 0.843. The Morgan fingerprint density at radius 2 is 1.53 bits per heavy atom. The lowest BCUT2D eigenvalue weighted by molar-refractivity contribution is 0.0544. The maximum atomic E-state index is 13.2. The lowest BCUT2D eigenvalue weighted by Crippen LogP contribution is -2.29. The number of hydrogen-bond donors (Lipinski definition) is 0. The van der Waals surface area contributed by atoms with Crippen molar-refractivity contribution in [3.05, 3.63) is 70.6 Å². The molecule has 0 N–H and O–H groups in total. The summed E-state index contributed by atoms with van der Waals surface area (Å²) >= 11 is 0. The number of para-hydroxylation sites is 2. The molecule has 8 nitrogen and oxygen atoms in total. The first-order valence-electron chi connectivity index (χ1n) is 10.4. The maximum absolute atomic E-state index is 13.2. The third-order valence-electron chi connectivity index (χ3n) is 4.98. The van der Waals surface area contributed by atoms with E-state index in [4.69, 9.17) is 9.47 Å². The molecule has 32 heavy (non-hydrogen) atoms. The Morgan fingerprint density at radius 3 is 2.19 bits per heavy atom. The molecule has 0 aliphatic carbocycles. The number of ether oxygens (including phenoxy) is 2. The van der Waals surface area contributed by atoms with Gasteiger partial charge in [-0.1, -0.05) is 30.3 Å². The van der Waals surface area contributed by atoms with Crippen LogP contribution in [0.15, 0.2) is 59.5 Å². The maximum Gasteiger partial charge on any atom is 0.433 e. The SMILES string of the molecule is CCOC(=O)n1c2ccccc2c(=O)n1Cc1cn(C(=O)OC(C)(C)C)c2ccccc12. The van der Waals surface area contributed by atoms with Crippen LogP contribution >= 0.6 is 0 Å². The number of nitrogens with zero attached hydrogens (tertiary/aromatic N) is 3. The van der Waals surface area contributed by atoms with Gasteiger partial charge in [-0.15, -0.1) is 0 Å². The van der Waals surface area contributed by atoms with Crippen LogP contribution < -0.4 is 5.56 Å². The van der Waals surface area contributed by atoms with E-state index in [0.29, 0.717) is 22.0 Å². The molecule has 8 heteroatoms. The molecule has 0 spiro atoms. The number of aromatic nitrogens is 3. The fourth-order valence-electron chi connectivity index (χ4n) is 3.72. The van der Waals surface area contributed by atoms with Crippen LogP contribution in [0.4, 0.5) is 9.59 Å². The van der Waals surface area contributed by atoms with E-state index in [1.807, 2.05) is 24.3 Å². The van der Waals surface area contributed by atoms with Crippen LogP contribution in [0.25, 0.3) is 21.8 Å². The first-order chi connectivity index (χ1) is 15.2. The van der Waals surface area contributed by atoms with Crippen molar-refractivity contribution < 1.29 is 19.1 Å². The summed E-state index contributed by atoms with van der Waals surface area (Å²) in [6.45, 7) is 7.36. The second-order valence-electron chi connectivity index (χ2n) is 8.41. The Balaban J connectivity index is 1.87. The molecule has 0 aliphatic heterocycles. The number of carbonyl (C=O) groups excluding carboxylic acids is 2. The molecule has 2 aromatic heterocycles. The van der Waals surface area contributed by atoms with Gasteiger partial charge in [0, 0.05) is 11.6 Å². The summed E-state index contributed by atoms with van der Waals surface area (Å²) in [5, 5.41) is 1.20.